The zero-order valence-corrected chi connectivity index (χ0v) is 14.1. The molecule has 0 aliphatic rings. The van der Waals surface area contributed by atoms with Crippen molar-refractivity contribution >= 4 is 49.3 Å². The van der Waals surface area contributed by atoms with E-state index in [-0.39, 0.29) is 16.0 Å². The summed E-state index contributed by atoms with van der Waals surface area (Å²) in [6.45, 7) is 1.85. The van der Waals surface area contributed by atoms with Crippen molar-refractivity contribution in [2.75, 3.05) is 12.0 Å². The fourth-order valence-corrected chi connectivity index (χ4v) is 4.28. The Balaban J connectivity index is 2.86. The van der Waals surface area contributed by atoms with E-state index in [4.69, 9.17) is 11.6 Å². The summed E-state index contributed by atoms with van der Waals surface area (Å²) in [4.78, 5) is 0.114. The minimum Gasteiger partial charge on any atom is -0.208 e. The van der Waals surface area contributed by atoms with Gasteiger partial charge in [-0.2, -0.15) is 11.8 Å². The molecule has 0 aliphatic carbocycles. The van der Waals surface area contributed by atoms with Gasteiger partial charge in [-0.15, -0.1) is 0 Å². The summed E-state index contributed by atoms with van der Waals surface area (Å²) in [5.41, 5.74) is 0. The SMILES string of the molecule is CSCCC(C)NS(=O)(=O)c1ccc(Br)cc1Cl. The summed E-state index contributed by atoms with van der Waals surface area (Å²) >= 11 is 10.9. The van der Waals surface area contributed by atoms with Crippen LogP contribution in [0.2, 0.25) is 5.02 Å². The first-order chi connectivity index (χ1) is 8.36. The van der Waals surface area contributed by atoms with E-state index in [9.17, 15) is 8.42 Å². The molecular formula is C11H15BrClNO2S2. The van der Waals surface area contributed by atoms with Crippen LogP contribution in [0.1, 0.15) is 13.3 Å². The maximum absolute atomic E-state index is 12.1. The third kappa shape index (κ3) is 4.74. The van der Waals surface area contributed by atoms with E-state index in [0.29, 0.717) is 0 Å². The van der Waals surface area contributed by atoms with Gasteiger partial charge in [-0.25, -0.2) is 13.1 Å². The summed E-state index contributed by atoms with van der Waals surface area (Å²) in [5, 5.41) is 0.217. The summed E-state index contributed by atoms with van der Waals surface area (Å²) in [5.74, 6) is 0.914. The first kappa shape index (κ1) is 16.3. The lowest BCUT2D eigenvalue weighted by atomic mass is 10.3. The van der Waals surface area contributed by atoms with Gasteiger partial charge in [-0.1, -0.05) is 27.5 Å². The van der Waals surface area contributed by atoms with E-state index in [1.54, 1.807) is 23.9 Å². The summed E-state index contributed by atoms with van der Waals surface area (Å²) in [6, 6.07) is 4.62. The predicted octanol–water partition coefficient (Wildman–Crippen LogP) is 3.52. The molecule has 0 bridgehead atoms. The second kappa shape index (κ2) is 7.14. The average Bonchev–Trinajstić information content (AvgIpc) is 2.25. The highest BCUT2D eigenvalue weighted by atomic mass is 79.9. The van der Waals surface area contributed by atoms with Crippen LogP contribution in [0.3, 0.4) is 0 Å². The van der Waals surface area contributed by atoms with E-state index in [0.717, 1.165) is 16.6 Å². The van der Waals surface area contributed by atoms with Crippen molar-refractivity contribution in [1.29, 1.82) is 0 Å². The number of halogens is 2. The number of rotatable bonds is 6. The molecule has 0 aromatic heterocycles. The molecule has 0 radical (unpaired) electrons. The molecule has 1 N–H and O–H groups in total. The molecule has 1 atom stereocenters. The number of sulfonamides is 1. The third-order valence-corrected chi connectivity index (χ3v) is 5.50. The smallest absolute Gasteiger partial charge is 0.208 e. The predicted molar refractivity (Wildman–Crippen MR) is 81.9 cm³/mol. The van der Waals surface area contributed by atoms with E-state index in [1.165, 1.54) is 6.07 Å². The molecule has 1 unspecified atom stereocenters. The number of hydrogen-bond acceptors (Lipinski definition) is 3. The van der Waals surface area contributed by atoms with Crippen molar-refractivity contribution in [2.24, 2.45) is 0 Å². The van der Waals surface area contributed by atoms with Crippen LogP contribution in [0.15, 0.2) is 27.6 Å². The van der Waals surface area contributed by atoms with Crippen LogP contribution < -0.4 is 4.72 Å². The van der Waals surface area contributed by atoms with Gasteiger partial charge in [0.05, 0.1) is 5.02 Å². The van der Waals surface area contributed by atoms with Crippen LogP contribution in [0.5, 0.6) is 0 Å². The van der Waals surface area contributed by atoms with Crippen LogP contribution >= 0.6 is 39.3 Å². The Morgan fingerprint density at radius 2 is 2.17 bits per heavy atom. The van der Waals surface area contributed by atoms with Crippen LogP contribution in [0.25, 0.3) is 0 Å². The highest BCUT2D eigenvalue weighted by Crippen LogP contribution is 2.25. The summed E-state index contributed by atoms with van der Waals surface area (Å²) in [6.07, 6.45) is 2.78. The van der Waals surface area contributed by atoms with Gasteiger partial charge >= 0.3 is 0 Å². The first-order valence-electron chi connectivity index (χ1n) is 5.33. The van der Waals surface area contributed by atoms with Crippen molar-refractivity contribution in [3.8, 4) is 0 Å². The van der Waals surface area contributed by atoms with Crippen molar-refractivity contribution in [2.45, 2.75) is 24.3 Å². The Hall–Kier alpha value is 0.250. The number of thioether (sulfide) groups is 1. The average molecular weight is 373 g/mol. The highest BCUT2D eigenvalue weighted by Gasteiger charge is 2.20. The second-order valence-corrected chi connectivity index (χ2v) is 7.87. The molecule has 3 nitrogen and oxygen atoms in total. The van der Waals surface area contributed by atoms with Crippen molar-refractivity contribution in [3.05, 3.63) is 27.7 Å². The fraction of sp³-hybridized carbons (Fsp3) is 0.455. The standard InChI is InChI=1S/C11H15BrClNO2S2/c1-8(5-6-17-2)14-18(15,16)11-4-3-9(12)7-10(11)13/h3-4,7-8,14H,5-6H2,1-2H3. The van der Waals surface area contributed by atoms with Crippen molar-refractivity contribution in [1.82, 2.24) is 4.72 Å². The monoisotopic (exact) mass is 371 g/mol. The molecule has 1 rings (SSSR count). The minimum atomic E-state index is -3.55. The molecule has 0 amide bonds. The lowest BCUT2D eigenvalue weighted by molar-refractivity contribution is 0.557. The molecule has 0 saturated heterocycles. The Morgan fingerprint density at radius 3 is 2.72 bits per heavy atom. The molecule has 0 heterocycles. The molecule has 1 aromatic rings. The normalized spacial score (nSPS) is 13.6. The largest absolute Gasteiger partial charge is 0.242 e. The van der Waals surface area contributed by atoms with Crippen LogP contribution in [0.4, 0.5) is 0 Å². The van der Waals surface area contributed by atoms with Gasteiger partial charge in [-0.3, -0.25) is 0 Å². The van der Waals surface area contributed by atoms with Crippen LogP contribution in [0, 0.1) is 0 Å². The Labute approximate surface area is 126 Å². The van der Waals surface area contributed by atoms with Gasteiger partial charge in [0.25, 0.3) is 0 Å². The summed E-state index contributed by atoms with van der Waals surface area (Å²) in [7, 11) is -3.55. The van der Waals surface area contributed by atoms with E-state index in [1.807, 2.05) is 13.2 Å². The molecule has 0 fully saturated rings. The number of nitrogens with one attached hydrogen (secondary N) is 1. The first-order valence-corrected chi connectivity index (χ1v) is 9.38. The molecule has 102 valence electrons. The molecule has 0 spiro atoms. The Morgan fingerprint density at radius 1 is 1.50 bits per heavy atom. The zero-order valence-electron chi connectivity index (χ0n) is 10.1. The Bertz CT molecular complexity index is 508. The number of benzene rings is 1. The zero-order chi connectivity index (χ0) is 13.8. The third-order valence-electron chi connectivity index (χ3n) is 2.29. The molecule has 0 saturated carbocycles. The summed E-state index contributed by atoms with van der Waals surface area (Å²) < 4.78 is 27.6. The lowest BCUT2D eigenvalue weighted by Gasteiger charge is -2.14. The fourth-order valence-electron chi connectivity index (χ4n) is 1.38. The number of hydrogen-bond donors (Lipinski definition) is 1. The van der Waals surface area contributed by atoms with Crippen molar-refractivity contribution < 1.29 is 8.42 Å². The molecule has 18 heavy (non-hydrogen) atoms. The van der Waals surface area contributed by atoms with Crippen molar-refractivity contribution in [3.63, 3.8) is 0 Å². The topological polar surface area (TPSA) is 46.2 Å². The van der Waals surface area contributed by atoms with Gasteiger partial charge in [-0.05, 0) is 43.6 Å². The maximum Gasteiger partial charge on any atom is 0.242 e. The lowest BCUT2D eigenvalue weighted by Crippen LogP contribution is -2.33. The van der Waals surface area contributed by atoms with Gasteiger partial charge in [0.2, 0.25) is 10.0 Å². The van der Waals surface area contributed by atoms with Crippen LogP contribution in [-0.2, 0) is 10.0 Å². The van der Waals surface area contributed by atoms with Crippen LogP contribution in [-0.4, -0.2) is 26.5 Å². The van der Waals surface area contributed by atoms with Gasteiger partial charge in [0.1, 0.15) is 4.90 Å². The maximum atomic E-state index is 12.1. The quantitative estimate of drug-likeness (QED) is 0.831. The second-order valence-electron chi connectivity index (χ2n) is 3.88. The van der Waals surface area contributed by atoms with E-state index < -0.39 is 10.0 Å². The molecule has 7 heteroatoms. The van der Waals surface area contributed by atoms with Gasteiger partial charge in [0, 0.05) is 10.5 Å². The Kier molecular flexibility index (Phi) is 6.47. The van der Waals surface area contributed by atoms with Gasteiger partial charge in [0.15, 0.2) is 0 Å². The molecule has 0 aliphatic heterocycles. The van der Waals surface area contributed by atoms with Gasteiger partial charge < -0.3 is 0 Å². The van der Waals surface area contributed by atoms with E-state index in [2.05, 4.69) is 20.7 Å². The van der Waals surface area contributed by atoms with E-state index >= 15 is 0 Å². The molecule has 1 aromatic carbocycles. The molecular weight excluding hydrogens is 358 g/mol. The highest BCUT2D eigenvalue weighted by molar-refractivity contribution is 9.10. The minimum absolute atomic E-state index is 0.109.